The van der Waals surface area contributed by atoms with E-state index < -0.39 is 0 Å². The van der Waals surface area contributed by atoms with Crippen molar-refractivity contribution in [1.82, 2.24) is 10.2 Å². The number of amides is 2. The fourth-order valence-corrected chi connectivity index (χ4v) is 4.92. The van der Waals surface area contributed by atoms with Gasteiger partial charge < -0.3 is 15.5 Å². The van der Waals surface area contributed by atoms with Crippen LogP contribution in [0.25, 0.3) is 11.1 Å². The molecule has 0 bridgehead atoms. The molecule has 3 atom stereocenters. The number of carbonyl (C=O) groups is 2. The predicted octanol–water partition coefficient (Wildman–Crippen LogP) is 4.79. The van der Waals surface area contributed by atoms with Gasteiger partial charge in [0.25, 0.3) is 5.91 Å². The van der Waals surface area contributed by atoms with Crippen molar-refractivity contribution in [3.05, 3.63) is 53.6 Å². The first-order valence-corrected chi connectivity index (χ1v) is 11.6. The predicted molar refractivity (Wildman–Crippen MR) is 125 cm³/mol. The molecule has 0 radical (unpaired) electrons. The standard InChI is InChI=1S/C26H33N3O2/c1-4-25(30)28-21-11-12-22(15-21)29(5-2)26(31)19-8-6-18(7-9-19)20-10-13-24-23(14-20)17(3)16-27-24/h6-10,13-14,17,21-22,27H,4-5,11-12,15-16H2,1-3H3,(H,28,30)/t17?,21-,22+/m0/s1. The molecular formula is C26H33N3O2. The van der Waals surface area contributed by atoms with E-state index in [-0.39, 0.29) is 23.9 Å². The third kappa shape index (κ3) is 4.46. The first-order valence-electron chi connectivity index (χ1n) is 11.6. The van der Waals surface area contributed by atoms with E-state index in [2.05, 4.69) is 47.9 Å². The van der Waals surface area contributed by atoms with E-state index in [1.807, 2.05) is 30.9 Å². The Kier molecular flexibility index (Phi) is 6.30. The van der Waals surface area contributed by atoms with Gasteiger partial charge in [0.05, 0.1) is 0 Å². The van der Waals surface area contributed by atoms with Gasteiger partial charge in [-0.2, -0.15) is 0 Å². The first kappa shape index (κ1) is 21.4. The first-order chi connectivity index (χ1) is 15.0. The highest BCUT2D eigenvalue weighted by atomic mass is 16.2. The second-order valence-electron chi connectivity index (χ2n) is 8.84. The average molecular weight is 420 g/mol. The second kappa shape index (κ2) is 9.13. The fourth-order valence-electron chi connectivity index (χ4n) is 4.92. The lowest BCUT2D eigenvalue weighted by molar-refractivity contribution is -0.121. The van der Waals surface area contributed by atoms with Crippen LogP contribution in [0.2, 0.25) is 0 Å². The minimum absolute atomic E-state index is 0.0771. The third-order valence-electron chi connectivity index (χ3n) is 6.78. The number of hydrogen-bond acceptors (Lipinski definition) is 3. The van der Waals surface area contributed by atoms with Crippen molar-refractivity contribution in [2.24, 2.45) is 0 Å². The monoisotopic (exact) mass is 419 g/mol. The van der Waals surface area contributed by atoms with Crippen molar-refractivity contribution < 1.29 is 9.59 Å². The summed E-state index contributed by atoms with van der Waals surface area (Å²) < 4.78 is 0. The largest absolute Gasteiger partial charge is 0.384 e. The van der Waals surface area contributed by atoms with Crippen LogP contribution in [0.4, 0.5) is 5.69 Å². The van der Waals surface area contributed by atoms with Crippen LogP contribution in [0.5, 0.6) is 0 Å². The maximum Gasteiger partial charge on any atom is 0.254 e. The Morgan fingerprint density at radius 3 is 2.52 bits per heavy atom. The molecule has 1 unspecified atom stereocenters. The Hall–Kier alpha value is -2.82. The van der Waals surface area contributed by atoms with Gasteiger partial charge in [-0.15, -0.1) is 0 Å². The van der Waals surface area contributed by atoms with Crippen LogP contribution in [0.3, 0.4) is 0 Å². The van der Waals surface area contributed by atoms with Crippen molar-refractivity contribution in [3.8, 4) is 11.1 Å². The van der Waals surface area contributed by atoms with Crippen LogP contribution in [-0.4, -0.2) is 41.9 Å². The molecule has 4 rings (SSSR count). The quantitative estimate of drug-likeness (QED) is 0.708. The van der Waals surface area contributed by atoms with Crippen LogP contribution in [0, 0.1) is 0 Å². The molecule has 5 heteroatoms. The molecular weight excluding hydrogens is 386 g/mol. The summed E-state index contributed by atoms with van der Waals surface area (Å²) in [4.78, 5) is 26.9. The summed E-state index contributed by atoms with van der Waals surface area (Å²) in [7, 11) is 0. The molecule has 31 heavy (non-hydrogen) atoms. The van der Waals surface area contributed by atoms with Gasteiger partial charge in [-0.3, -0.25) is 9.59 Å². The molecule has 0 spiro atoms. The Morgan fingerprint density at radius 1 is 1.06 bits per heavy atom. The van der Waals surface area contributed by atoms with E-state index in [0.717, 1.165) is 36.9 Å². The second-order valence-corrected chi connectivity index (χ2v) is 8.84. The Labute approximate surface area is 185 Å². The minimum atomic E-state index is 0.0771. The van der Waals surface area contributed by atoms with Gasteiger partial charge in [0.15, 0.2) is 0 Å². The number of benzene rings is 2. The Balaban J connectivity index is 1.45. The molecule has 0 saturated heterocycles. The molecule has 2 aromatic rings. The molecule has 2 amide bonds. The molecule has 2 N–H and O–H groups in total. The highest BCUT2D eigenvalue weighted by molar-refractivity contribution is 5.95. The molecule has 1 aliphatic heterocycles. The lowest BCUT2D eigenvalue weighted by atomic mass is 9.97. The smallest absolute Gasteiger partial charge is 0.254 e. The van der Waals surface area contributed by atoms with Gasteiger partial charge in [-0.05, 0) is 67.1 Å². The van der Waals surface area contributed by atoms with Crippen molar-refractivity contribution in [3.63, 3.8) is 0 Å². The lowest BCUT2D eigenvalue weighted by Gasteiger charge is -2.28. The summed E-state index contributed by atoms with van der Waals surface area (Å²) in [6.45, 7) is 7.81. The normalized spacial score (nSPS) is 22.0. The molecule has 1 heterocycles. The number of rotatable bonds is 6. The van der Waals surface area contributed by atoms with Gasteiger partial charge in [0.2, 0.25) is 5.91 Å². The number of nitrogens with zero attached hydrogens (tertiary/aromatic N) is 1. The topological polar surface area (TPSA) is 61.4 Å². The number of carbonyl (C=O) groups excluding carboxylic acids is 2. The maximum atomic E-state index is 13.2. The van der Waals surface area contributed by atoms with Gasteiger partial charge in [-0.1, -0.05) is 32.0 Å². The van der Waals surface area contributed by atoms with Crippen molar-refractivity contribution in [2.45, 2.75) is 64.5 Å². The molecule has 2 aliphatic rings. The third-order valence-corrected chi connectivity index (χ3v) is 6.78. The summed E-state index contributed by atoms with van der Waals surface area (Å²) in [6, 6.07) is 14.9. The highest BCUT2D eigenvalue weighted by Gasteiger charge is 2.32. The number of fused-ring (bicyclic) bond motifs is 1. The zero-order chi connectivity index (χ0) is 22.0. The maximum absolute atomic E-state index is 13.2. The van der Waals surface area contributed by atoms with Crippen LogP contribution in [0.15, 0.2) is 42.5 Å². The SMILES string of the molecule is CCC(=O)N[C@H]1CC[C@@H](N(CC)C(=O)c2ccc(-c3ccc4c(c3)C(C)CN4)cc2)C1. The van der Waals surface area contributed by atoms with E-state index in [9.17, 15) is 9.59 Å². The van der Waals surface area contributed by atoms with E-state index >= 15 is 0 Å². The lowest BCUT2D eigenvalue weighted by Crippen LogP contribution is -2.40. The van der Waals surface area contributed by atoms with Gasteiger partial charge in [0, 0.05) is 48.8 Å². The summed E-state index contributed by atoms with van der Waals surface area (Å²) in [6.07, 6.45) is 3.22. The number of anilines is 1. The molecule has 2 aromatic carbocycles. The molecule has 1 saturated carbocycles. The van der Waals surface area contributed by atoms with Gasteiger partial charge in [0.1, 0.15) is 0 Å². The molecule has 5 nitrogen and oxygen atoms in total. The highest BCUT2D eigenvalue weighted by Crippen LogP contribution is 2.35. The molecule has 164 valence electrons. The van der Waals surface area contributed by atoms with Crippen molar-refractivity contribution in [1.29, 1.82) is 0 Å². The fraction of sp³-hybridized carbons (Fsp3) is 0.462. The van der Waals surface area contributed by atoms with Crippen LogP contribution in [-0.2, 0) is 4.79 Å². The zero-order valence-corrected chi connectivity index (χ0v) is 18.8. The Morgan fingerprint density at radius 2 is 1.81 bits per heavy atom. The number of hydrogen-bond donors (Lipinski definition) is 2. The van der Waals surface area contributed by atoms with Crippen LogP contribution < -0.4 is 10.6 Å². The van der Waals surface area contributed by atoms with E-state index in [4.69, 9.17) is 0 Å². The Bertz CT molecular complexity index is 954. The van der Waals surface area contributed by atoms with E-state index in [0.29, 0.717) is 18.9 Å². The van der Waals surface area contributed by atoms with E-state index in [1.54, 1.807) is 0 Å². The molecule has 0 aromatic heterocycles. The summed E-state index contributed by atoms with van der Waals surface area (Å²) in [5.41, 5.74) is 5.63. The summed E-state index contributed by atoms with van der Waals surface area (Å²) in [5.74, 6) is 0.687. The van der Waals surface area contributed by atoms with Crippen LogP contribution >= 0.6 is 0 Å². The zero-order valence-electron chi connectivity index (χ0n) is 18.8. The van der Waals surface area contributed by atoms with E-state index in [1.165, 1.54) is 16.8 Å². The minimum Gasteiger partial charge on any atom is -0.384 e. The van der Waals surface area contributed by atoms with Gasteiger partial charge in [-0.25, -0.2) is 0 Å². The summed E-state index contributed by atoms with van der Waals surface area (Å²) >= 11 is 0. The average Bonchev–Trinajstić information content (AvgIpc) is 3.40. The van der Waals surface area contributed by atoms with Gasteiger partial charge >= 0.3 is 0 Å². The number of nitrogens with one attached hydrogen (secondary N) is 2. The molecule has 1 aliphatic carbocycles. The summed E-state index contributed by atoms with van der Waals surface area (Å²) in [5, 5.41) is 6.52. The molecule has 1 fully saturated rings. The van der Waals surface area contributed by atoms with Crippen molar-refractivity contribution >= 4 is 17.5 Å². The van der Waals surface area contributed by atoms with Crippen LogP contribution in [0.1, 0.15) is 68.3 Å². The van der Waals surface area contributed by atoms with Crippen molar-refractivity contribution in [2.75, 3.05) is 18.4 Å².